The van der Waals surface area contributed by atoms with Crippen molar-refractivity contribution >= 4 is 0 Å². The van der Waals surface area contributed by atoms with Gasteiger partial charge in [0.05, 0.1) is 0 Å². The van der Waals surface area contributed by atoms with E-state index in [4.69, 9.17) is 0 Å². The second-order valence-electron chi connectivity index (χ2n) is 5.40. The molecule has 3 heteroatoms. The number of benzene rings is 1. The molecule has 1 fully saturated rings. The Bertz CT molecular complexity index is 399. The van der Waals surface area contributed by atoms with Crippen molar-refractivity contribution in [1.29, 1.82) is 0 Å². The average Bonchev–Trinajstić information content (AvgIpc) is 2.86. The van der Waals surface area contributed by atoms with Gasteiger partial charge in [-0.25, -0.2) is 8.78 Å². The summed E-state index contributed by atoms with van der Waals surface area (Å²) in [6, 6.07) is 4.61. The molecule has 0 aliphatic heterocycles. The Morgan fingerprint density at radius 2 is 1.78 bits per heavy atom. The number of hydrogen-bond acceptors (Lipinski definition) is 1. The molecular formula is C15H21F2N. The molecule has 18 heavy (non-hydrogen) atoms. The summed E-state index contributed by atoms with van der Waals surface area (Å²) in [6.07, 6.45) is 5.18. The Kier molecular flexibility index (Phi) is 4.33. The summed E-state index contributed by atoms with van der Waals surface area (Å²) >= 11 is 0. The molecule has 0 aromatic heterocycles. The third-order valence-corrected chi connectivity index (χ3v) is 4.06. The monoisotopic (exact) mass is 253 g/mol. The van der Waals surface area contributed by atoms with E-state index in [-0.39, 0.29) is 6.04 Å². The minimum absolute atomic E-state index is 0.0516. The van der Waals surface area contributed by atoms with Crippen LogP contribution in [0.5, 0.6) is 0 Å². The second-order valence-corrected chi connectivity index (χ2v) is 5.40. The molecule has 1 N–H and O–H groups in total. The minimum atomic E-state index is -0.783. The maximum Gasteiger partial charge on any atom is 0.159 e. The lowest BCUT2D eigenvalue weighted by Crippen LogP contribution is -2.34. The Balaban J connectivity index is 1.97. The van der Waals surface area contributed by atoms with Crippen molar-refractivity contribution in [3.05, 3.63) is 35.4 Å². The minimum Gasteiger partial charge on any atom is -0.307 e. The molecule has 1 aliphatic carbocycles. The maximum absolute atomic E-state index is 13.2. The van der Waals surface area contributed by atoms with Crippen LogP contribution < -0.4 is 5.32 Å². The van der Waals surface area contributed by atoms with Crippen LogP contribution in [0.1, 0.15) is 51.1 Å². The summed E-state index contributed by atoms with van der Waals surface area (Å²) in [4.78, 5) is 0. The van der Waals surface area contributed by atoms with Crippen LogP contribution in [-0.4, -0.2) is 6.04 Å². The SMILES string of the molecule is CC(NC(C)C1CCCC1)c1ccc(F)c(F)c1. The lowest BCUT2D eigenvalue weighted by atomic mass is 9.98. The van der Waals surface area contributed by atoms with Gasteiger partial charge in [0.2, 0.25) is 0 Å². The molecule has 0 bridgehead atoms. The highest BCUT2D eigenvalue weighted by Crippen LogP contribution is 2.29. The van der Waals surface area contributed by atoms with Crippen LogP contribution in [0.4, 0.5) is 8.78 Å². The molecule has 2 rings (SSSR count). The quantitative estimate of drug-likeness (QED) is 0.848. The fraction of sp³-hybridized carbons (Fsp3) is 0.600. The summed E-state index contributed by atoms with van der Waals surface area (Å²) < 4.78 is 26.1. The Labute approximate surface area is 108 Å². The summed E-state index contributed by atoms with van der Waals surface area (Å²) in [5, 5.41) is 3.50. The molecule has 1 aromatic carbocycles. The first-order valence-electron chi connectivity index (χ1n) is 6.79. The molecule has 1 saturated carbocycles. The third-order valence-electron chi connectivity index (χ3n) is 4.06. The van der Waals surface area contributed by atoms with E-state index in [1.807, 2.05) is 6.92 Å². The van der Waals surface area contributed by atoms with Crippen molar-refractivity contribution in [3.63, 3.8) is 0 Å². The lowest BCUT2D eigenvalue weighted by molar-refractivity contribution is 0.352. The molecule has 1 aromatic rings. The van der Waals surface area contributed by atoms with Crippen molar-refractivity contribution < 1.29 is 8.78 Å². The molecule has 0 amide bonds. The molecule has 2 atom stereocenters. The Morgan fingerprint density at radius 1 is 1.11 bits per heavy atom. The molecule has 0 spiro atoms. The van der Waals surface area contributed by atoms with Crippen LogP contribution in [0.3, 0.4) is 0 Å². The first-order chi connectivity index (χ1) is 8.58. The summed E-state index contributed by atoms with van der Waals surface area (Å²) in [6.45, 7) is 4.19. The van der Waals surface area contributed by atoms with Crippen LogP contribution in [0, 0.1) is 17.6 Å². The number of halogens is 2. The predicted molar refractivity (Wildman–Crippen MR) is 69.3 cm³/mol. The maximum atomic E-state index is 13.2. The van der Waals surface area contributed by atoms with Gasteiger partial charge >= 0.3 is 0 Å². The van der Waals surface area contributed by atoms with Gasteiger partial charge in [-0.1, -0.05) is 18.9 Å². The van der Waals surface area contributed by atoms with E-state index in [0.717, 1.165) is 11.5 Å². The van der Waals surface area contributed by atoms with E-state index in [2.05, 4.69) is 12.2 Å². The highest BCUT2D eigenvalue weighted by atomic mass is 19.2. The van der Waals surface area contributed by atoms with E-state index in [9.17, 15) is 8.78 Å². The summed E-state index contributed by atoms with van der Waals surface area (Å²) in [5.74, 6) is -0.831. The van der Waals surface area contributed by atoms with Crippen LogP contribution >= 0.6 is 0 Å². The van der Waals surface area contributed by atoms with E-state index in [0.29, 0.717) is 6.04 Å². The topological polar surface area (TPSA) is 12.0 Å². The van der Waals surface area contributed by atoms with Crippen LogP contribution in [0.2, 0.25) is 0 Å². The van der Waals surface area contributed by atoms with E-state index in [1.54, 1.807) is 6.07 Å². The molecule has 1 aliphatic rings. The van der Waals surface area contributed by atoms with E-state index in [1.165, 1.54) is 37.8 Å². The number of nitrogens with one attached hydrogen (secondary N) is 1. The van der Waals surface area contributed by atoms with Crippen LogP contribution in [-0.2, 0) is 0 Å². The van der Waals surface area contributed by atoms with Gasteiger partial charge in [-0.05, 0) is 50.3 Å². The first kappa shape index (κ1) is 13.5. The normalized spacial score (nSPS) is 20.0. The summed E-state index contributed by atoms with van der Waals surface area (Å²) in [5.41, 5.74) is 0.804. The van der Waals surface area contributed by atoms with E-state index >= 15 is 0 Å². The zero-order valence-electron chi connectivity index (χ0n) is 11.0. The molecule has 1 nitrogen and oxygen atoms in total. The molecule has 100 valence electrons. The fourth-order valence-electron chi connectivity index (χ4n) is 2.87. The van der Waals surface area contributed by atoms with Gasteiger partial charge in [0.1, 0.15) is 0 Å². The van der Waals surface area contributed by atoms with Gasteiger partial charge in [-0.3, -0.25) is 0 Å². The van der Waals surface area contributed by atoms with Crippen molar-refractivity contribution in [2.75, 3.05) is 0 Å². The van der Waals surface area contributed by atoms with Crippen molar-refractivity contribution in [1.82, 2.24) is 5.32 Å². The zero-order chi connectivity index (χ0) is 13.1. The second kappa shape index (κ2) is 5.79. The van der Waals surface area contributed by atoms with Crippen molar-refractivity contribution in [2.24, 2.45) is 5.92 Å². The lowest BCUT2D eigenvalue weighted by Gasteiger charge is -2.25. The standard InChI is InChI=1S/C15H21F2N/c1-10(12-5-3-4-6-12)18-11(2)13-7-8-14(16)15(17)9-13/h7-12,18H,3-6H2,1-2H3. The molecule has 0 saturated heterocycles. The summed E-state index contributed by atoms with van der Waals surface area (Å²) in [7, 11) is 0. The molecular weight excluding hydrogens is 232 g/mol. The van der Waals surface area contributed by atoms with Gasteiger partial charge in [0.15, 0.2) is 11.6 Å². The molecule has 0 radical (unpaired) electrons. The molecule has 0 heterocycles. The number of rotatable bonds is 4. The highest BCUT2D eigenvalue weighted by molar-refractivity contribution is 5.20. The number of hydrogen-bond donors (Lipinski definition) is 1. The smallest absolute Gasteiger partial charge is 0.159 e. The average molecular weight is 253 g/mol. The van der Waals surface area contributed by atoms with Crippen LogP contribution in [0.15, 0.2) is 18.2 Å². The Morgan fingerprint density at radius 3 is 2.39 bits per heavy atom. The van der Waals surface area contributed by atoms with E-state index < -0.39 is 11.6 Å². The highest BCUT2D eigenvalue weighted by Gasteiger charge is 2.22. The van der Waals surface area contributed by atoms with Crippen LogP contribution in [0.25, 0.3) is 0 Å². The largest absolute Gasteiger partial charge is 0.307 e. The van der Waals surface area contributed by atoms with Gasteiger partial charge in [0, 0.05) is 12.1 Å². The fourth-order valence-corrected chi connectivity index (χ4v) is 2.87. The third kappa shape index (κ3) is 3.08. The van der Waals surface area contributed by atoms with Crippen molar-refractivity contribution in [2.45, 2.75) is 51.6 Å². The predicted octanol–water partition coefficient (Wildman–Crippen LogP) is 4.19. The van der Waals surface area contributed by atoms with Gasteiger partial charge in [0.25, 0.3) is 0 Å². The zero-order valence-corrected chi connectivity index (χ0v) is 11.0. The molecule has 2 unspecified atom stereocenters. The van der Waals surface area contributed by atoms with Gasteiger partial charge in [-0.15, -0.1) is 0 Å². The first-order valence-corrected chi connectivity index (χ1v) is 6.79. The van der Waals surface area contributed by atoms with Gasteiger partial charge < -0.3 is 5.32 Å². The Hall–Kier alpha value is -0.960. The van der Waals surface area contributed by atoms with Gasteiger partial charge in [-0.2, -0.15) is 0 Å². The van der Waals surface area contributed by atoms with Crippen molar-refractivity contribution in [3.8, 4) is 0 Å².